The van der Waals surface area contributed by atoms with E-state index in [0.29, 0.717) is 23.7 Å². The van der Waals surface area contributed by atoms with E-state index in [1.807, 2.05) is 0 Å². The van der Waals surface area contributed by atoms with Gasteiger partial charge in [-0.3, -0.25) is 4.90 Å². The number of fused-ring (bicyclic) bond motifs is 3. The Morgan fingerprint density at radius 2 is 1.83 bits per heavy atom. The molecular formula is C29H37F3N4. The molecule has 2 aromatic carbocycles. The number of aromatic amines is 1. The molecule has 1 aromatic heterocycles. The average molecular weight is 499 g/mol. The Bertz CT molecular complexity index is 1190. The van der Waals surface area contributed by atoms with Crippen LogP contribution in [-0.4, -0.2) is 54.3 Å². The predicted molar refractivity (Wildman–Crippen MR) is 140 cm³/mol. The fourth-order valence-corrected chi connectivity index (χ4v) is 6.12. The first-order valence-corrected chi connectivity index (χ1v) is 13.0. The summed E-state index contributed by atoms with van der Waals surface area (Å²) in [5.74, 6) is -0.990. The fraction of sp³-hybridized carbons (Fsp3) is 0.517. The number of H-pyrrole nitrogens is 1. The summed E-state index contributed by atoms with van der Waals surface area (Å²) in [5.41, 5.74) is 3.72. The number of aromatic nitrogens is 1. The third-order valence-corrected chi connectivity index (χ3v) is 7.95. The molecule has 194 valence electrons. The van der Waals surface area contributed by atoms with Gasteiger partial charge in [-0.15, -0.1) is 0 Å². The Kier molecular flexibility index (Phi) is 6.81. The summed E-state index contributed by atoms with van der Waals surface area (Å²) in [6.07, 6.45) is 3.27. The van der Waals surface area contributed by atoms with Crippen molar-refractivity contribution in [2.24, 2.45) is 5.41 Å². The molecule has 6 rings (SSSR count). The number of rotatable bonds is 3. The number of halogens is 3. The first-order chi connectivity index (χ1) is 17.1. The van der Waals surface area contributed by atoms with Crippen LogP contribution >= 0.6 is 0 Å². The van der Waals surface area contributed by atoms with Crippen molar-refractivity contribution < 1.29 is 13.2 Å². The lowest BCUT2D eigenvalue weighted by Gasteiger charge is -2.36. The van der Waals surface area contributed by atoms with Gasteiger partial charge in [0, 0.05) is 72.5 Å². The standard InChI is InChI=1S/C16H21FN2.C13H16F2N2/c1-11-8-13-12-6-4-5-7-14(12)18-15(13)9-19(11)10-16(2,3)17;14-10-5-11(15)7-12(6-10)17-4-2-13(9-17)1-3-16-8-13/h4-7,11,18H,8-10H2,1-3H3;5-7,16H,1-4,8-9H2. The minimum Gasteiger partial charge on any atom is -0.371 e. The number of nitrogens with one attached hydrogen (secondary N) is 2. The highest BCUT2D eigenvalue weighted by Gasteiger charge is 2.40. The molecule has 3 aromatic rings. The van der Waals surface area contributed by atoms with Crippen molar-refractivity contribution in [2.45, 2.75) is 58.3 Å². The zero-order chi connectivity index (χ0) is 25.5. The molecule has 3 aliphatic heterocycles. The maximum absolute atomic E-state index is 13.9. The highest BCUT2D eigenvalue weighted by molar-refractivity contribution is 5.84. The lowest BCUT2D eigenvalue weighted by Crippen LogP contribution is -2.44. The fourth-order valence-electron chi connectivity index (χ4n) is 6.12. The summed E-state index contributed by atoms with van der Waals surface area (Å²) >= 11 is 0. The van der Waals surface area contributed by atoms with Crippen LogP contribution in [0.1, 0.15) is 44.9 Å². The molecule has 0 bridgehead atoms. The van der Waals surface area contributed by atoms with Crippen LogP contribution in [0, 0.1) is 17.0 Å². The number of para-hydroxylation sites is 1. The van der Waals surface area contributed by atoms with E-state index in [-0.39, 0.29) is 0 Å². The summed E-state index contributed by atoms with van der Waals surface area (Å²) in [7, 11) is 0. The van der Waals surface area contributed by atoms with Crippen LogP contribution < -0.4 is 10.2 Å². The second kappa shape index (κ2) is 9.75. The van der Waals surface area contributed by atoms with Gasteiger partial charge in [0.25, 0.3) is 0 Å². The van der Waals surface area contributed by atoms with E-state index in [2.05, 4.69) is 51.3 Å². The van der Waals surface area contributed by atoms with Crippen molar-refractivity contribution in [1.29, 1.82) is 0 Å². The van der Waals surface area contributed by atoms with E-state index in [1.165, 1.54) is 40.7 Å². The van der Waals surface area contributed by atoms with Crippen LogP contribution in [0.3, 0.4) is 0 Å². The molecule has 3 aliphatic rings. The zero-order valence-corrected chi connectivity index (χ0v) is 21.5. The largest absolute Gasteiger partial charge is 0.371 e. The van der Waals surface area contributed by atoms with Crippen molar-refractivity contribution in [1.82, 2.24) is 15.2 Å². The van der Waals surface area contributed by atoms with Crippen LogP contribution in [0.25, 0.3) is 10.9 Å². The van der Waals surface area contributed by atoms with Crippen molar-refractivity contribution in [3.05, 3.63) is 65.4 Å². The molecule has 4 nitrogen and oxygen atoms in total. The Labute approximate surface area is 211 Å². The van der Waals surface area contributed by atoms with Crippen LogP contribution in [0.5, 0.6) is 0 Å². The first-order valence-electron chi connectivity index (χ1n) is 13.0. The van der Waals surface area contributed by atoms with Crippen LogP contribution in [0.4, 0.5) is 18.9 Å². The van der Waals surface area contributed by atoms with Gasteiger partial charge in [0.05, 0.1) is 0 Å². The van der Waals surface area contributed by atoms with Gasteiger partial charge in [-0.2, -0.15) is 0 Å². The van der Waals surface area contributed by atoms with Gasteiger partial charge >= 0.3 is 0 Å². The topological polar surface area (TPSA) is 34.3 Å². The number of hydrogen-bond donors (Lipinski definition) is 2. The third kappa shape index (κ3) is 5.42. The predicted octanol–water partition coefficient (Wildman–Crippen LogP) is 5.82. The number of alkyl halides is 1. The molecule has 2 atom stereocenters. The monoisotopic (exact) mass is 498 g/mol. The SMILES string of the molecule is CC1Cc2c([nH]c3ccccc23)CN1CC(C)(C)F.Fc1cc(F)cc(N2CCC3(CCNC3)C2)c1. The van der Waals surface area contributed by atoms with Crippen molar-refractivity contribution in [3.8, 4) is 0 Å². The average Bonchev–Trinajstić information content (AvgIpc) is 3.53. The first kappa shape index (κ1) is 25.2. The summed E-state index contributed by atoms with van der Waals surface area (Å²) in [5, 5.41) is 4.70. The molecule has 36 heavy (non-hydrogen) atoms. The lowest BCUT2D eigenvalue weighted by atomic mass is 9.86. The zero-order valence-electron chi connectivity index (χ0n) is 21.5. The summed E-state index contributed by atoms with van der Waals surface area (Å²) in [4.78, 5) is 7.82. The van der Waals surface area contributed by atoms with Gasteiger partial charge in [0.1, 0.15) is 17.3 Å². The second-order valence-corrected chi connectivity index (χ2v) is 11.5. The van der Waals surface area contributed by atoms with Crippen molar-refractivity contribution in [3.63, 3.8) is 0 Å². The molecule has 2 fully saturated rings. The highest BCUT2D eigenvalue weighted by Crippen LogP contribution is 2.38. The van der Waals surface area contributed by atoms with Crippen LogP contribution in [0.15, 0.2) is 42.5 Å². The molecule has 4 heterocycles. The summed E-state index contributed by atoms with van der Waals surface area (Å²) in [6, 6.07) is 12.6. The molecule has 0 radical (unpaired) electrons. The van der Waals surface area contributed by atoms with Gasteiger partial charge in [0.2, 0.25) is 0 Å². The quantitative estimate of drug-likeness (QED) is 0.478. The number of nitrogens with zero attached hydrogens (tertiary/aromatic N) is 2. The number of hydrogen-bond acceptors (Lipinski definition) is 3. The maximum atomic E-state index is 13.9. The van der Waals surface area contributed by atoms with E-state index < -0.39 is 17.3 Å². The van der Waals surface area contributed by atoms with Gasteiger partial charge in [-0.25, -0.2) is 13.2 Å². The molecule has 0 amide bonds. The van der Waals surface area contributed by atoms with Crippen LogP contribution in [-0.2, 0) is 13.0 Å². The van der Waals surface area contributed by atoms with Crippen molar-refractivity contribution in [2.75, 3.05) is 37.6 Å². The second-order valence-electron chi connectivity index (χ2n) is 11.5. The van der Waals surface area contributed by atoms with E-state index in [4.69, 9.17) is 0 Å². The molecule has 2 unspecified atom stereocenters. The summed E-state index contributed by atoms with van der Waals surface area (Å²) in [6.45, 7) is 10.7. The third-order valence-electron chi connectivity index (χ3n) is 7.95. The van der Waals surface area contributed by atoms with E-state index in [0.717, 1.165) is 51.6 Å². The Morgan fingerprint density at radius 1 is 1.08 bits per heavy atom. The number of benzene rings is 2. The van der Waals surface area contributed by atoms with Gasteiger partial charge < -0.3 is 15.2 Å². The molecule has 7 heteroatoms. The summed E-state index contributed by atoms with van der Waals surface area (Å²) < 4.78 is 40.2. The Balaban J connectivity index is 0.000000149. The molecular weight excluding hydrogens is 461 g/mol. The Morgan fingerprint density at radius 3 is 2.53 bits per heavy atom. The molecule has 1 spiro atoms. The van der Waals surface area contributed by atoms with Gasteiger partial charge in [0.15, 0.2) is 0 Å². The lowest BCUT2D eigenvalue weighted by molar-refractivity contribution is 0.0853. The minimum absolute atomic E-state index is 0.322. The van der Waals surface area contributed by atoms with Gasteiger partial charge in [-0.05, 0) is 70.3 Å². The highest BCUT2D eigenvalue weighted by atomic mass is 19.1. The Hall–Kier alpha value is -2.51. The molecule has 2 N–H and O–H groups in total. The molecule has 2 saturated heterocycles. The van der Waals surface area contributed by atoms with E-state index in [9.17, 15) is 13.2 Å². The molecule has 0 aliphatic carbocycles. The van der Waals surface area contributed by atoms with E-state index >= 15 is 0 Å². The minimum atomic E-state index is -1.14. The smallest absolute Gasteiger partial charge is 0.128 e. The molecule has 0 saturated carbocycles. The maximum Gasteiger partial charge on any atom is 0.128 e. The van der Waals surface area contributed by atoms with Gasteiger partial charge in [-0.1, -0.05) is 18.2 Å². The number of anilines is 1. The normalized spacial score (nSPS) is 24.3. The van der Waals surface area contributed by atoms with Crippen molar-refractivity contribution >= 4 is 16.6 Å². The van der Waals surface area contributed by atoms with E-state index in [1.54, 1.807) is 13.8 Å². The van der Waals surface area contributed by atoms with Crippen LogP contribution in [0.2, 0.25) is 0 Å².